The number of nitrogens with two attached hydrogens (primary N) is 1. The summed E-state index contributed by atoms with van der Waals surface area (Å²) in [6.07, 6.45) is 5.54. The Balaban J connectivity index is 2.12. The maximum Gasteiger partial charge on any atom is 0.0285 e. The van der Waals surface area contributed by atoms with E-state index in [9.17, 15) is 0 Å². The van der Waals surface area contributed by atoms with Crippen LogP contribution in [0.5, 0.6) is 0 Å². The summed E-state index contributed by atoms with van der Waals surface area (Å²) in [5, 5.41) is 2.16. The lowest BCUT2D eigenvalue weighted by atomic mass is 9.90. The molecule has 0 spiro atoms. The Bertz CT molecular complexity index is 291. The molecular formula is C11H16BrNS. The van der Waals surface area contributed by atoms with Gasteiger partial charge in [0.1, 0.15) is 0 Å². The zero-order chi connectivity index (χ0) is 9.97. The lowest BCUT2D eigenvalue weighted by Crippen LogP contribution is -2.18. The molecule has 0 amide bonds. The Morgan fingerprint density at radius 2 is 2.21 bits per heavy atom. The van der Waals surface area contributed by atoms with Crippen LogP contribution in [-0.2, 0) is 0 Å². The van der Waals surface area contributed by atoms with Crippen molar-refractivity contribution in [3.8, 4) is 0 Å². The number of halogens is 1. The predicted molar refractivity (Wildman–Crippen MR) is 65.8 cm³/mol. The Kier molecular flexibility index (Phi) is 3.63. The van der Waals surface area contributed by atoms with Gasteiger partial charge in [0.15, 0.2) is 0 Å². The lowest BCUT2D eigenvalue weighted by Gasteiger charge is -2.20. The highest BCUT2D eigenvalue weighted by Gasteiger charge is 2.26. The molecule has 78 valence electrons. The van der Waals surface area contributed by atoms with Crippen molar-refractivity contribution in [2.24, 2.45) is 11.7 Å². The van der Waals surface area contributed by atoms with Crippen LogP contribution < -0.4 is 5.73 Å². The first-order chi connectivity index (χ1) is 6.81. The molecule has 1 nitrogen and oxygen atoms in total. The molecule has 1 unspecified atom stereocenters. The predicted octanol–water partition coefficient (Wildman–Crippen LogP) is 3.74. The third kappa shape index (κ3) is 2.20. The zero-order valence-electron chi connectivity index (χ0n) is 8.21. The Morgan fingerprint density at radius 1 is 1.50 bits per heavy atom. The molecule has 1 heterocycles. The van der Waals surface area contributed by atoms with E-state index >= 15 is 0 Å². The molecule has 14 heavy (non-hydrogen) atoms. The first-order valence-corrected chi connectivity index (χ1v) is 6.92. The highest BCUT2D eigenvalue weighted by atomic mass is 79.9. The minimum Gasteiger partial charge on any atom is -0.330 e. The number of hydrogen-bond acceptors (Lipinski definition) is 2. The second-order valence-corrected chi connectivity index (χ2v) is 5.91. The van der Waals surface area contributed by atoms with Crippen LogP contribution in [0, 0.1) is 5.92 Å². The van der Waals surface area contributed by atoms with Gasteiger partial charge < -0.3 is 5.73 Å². The van der Waals surface area contributed by atoms with Gasteiger partial charge in [-0.1, -0.05) is 12.8 Å². The van der Waals surface area contributed by atoms with Gasteiger partial charge >= 0.3 is 0 Å². The van der Waals surface area contributed by atoms with Gasteiger partial charge in [0.2, 0.25) is 0 Å². The summed E-state index contributed by atoms with van der Waals surface area (Å²) in [6.45, 7) is 0.803. The van der Waals surface area contributed by atoms with Gasteiger partial charge in [-0.2, -0.15) is 0 Å². The van der Waals surface area contributed by atoms with Crippen molar-refractivity contribution in [2.75, 3.05) is 6.54 Å². The molecule has 0 bridgehead atoms. The second-order valence-electron chi connectivity index (χ2n) is 4.05. The van der Waals surface area contributed by atoms with Crippen LogP contribution in [0.3, 0.4) is 0 Å². The van der Waals surface area contributed by atoms with E-state index in [0.29, 0.717) is 5.92 Å². The zero-order valence-corrected chi connectivity index (χ0v) is 10.6. The maximum atomic E-state index is 5.89. The summed E-state index contributed by atoms with van der Waals surface area (Å²) in [4.78, 5) is 1.46. The van der Waals surface area contributed by atoms with Crippen LogP contribution in [0.4, 0.5) is 0 Å². The van der Waals surface area contributed by atoms with Crippen molar-refractivity contribution in [2.45, 2.75) is 31.6 Å². The van der Waals surface area contributed by atoms with Crippen LogP contribution in [0.15, 0.2) is 15.9 Å². The average Bonchev–Trinajstić information content (AvgIpc) is 2.79. The summed E-state index contributed by atoms with van der Waals surface area (Å²) in [6, 6.07) is 2.24. The van der Waals surface area contributed by atoms with E-state index in [1.165, 1.54) is 35.0 Å². The molecule has 1 aromatic rings. The van der Waals surface area contributed by atoms with E-state index in [-0.39, 0.29) is 0 Å². The van der Waals surface area contributed by atoms with Crippen molar-refractivity contribution in [3.63, 3.8) is 0 Å². The molecule has 0 aromatic carbocycles. The summed E-state index contributed by atoms with van der Waals surface area (Å²) < 4.78 is 1.20. The number of thiophene rings is 1. The minimum absolute atomic E-state index is 0.605. The fourth-order valence-corrected chi connectivity index (χ4v) is 4.08. The van der Waals surface area contributed by atoms with Crippen LogP contribution in [0.2, 0.25) is 0 Å². The van der Waals surface area contributed by atoms with Crippen molar-refractivity contribution in [1.82, 2.24) is 0 Å². The monoisotopic (exact) mass is 273 g/mol. The van der Waals surface area contributed by atoms with Gasteiger partial charge in [0.05, 0.1) is 0 Å². The molecule has 1 saturated carbocycles. The first-order valence-electron chi connectivity index (χ1n) is 5.25. The van der Waals surface area contributed by atoms with Crippen molar-refractivity contribution in [1.29, 1.82) is 0 Å². The van der Waals surface area contributed by atoms with E-state index in [0.717, 1.165) is 12.5 Å². The van der Waals surface area contributed by atoms with Crippen LogP contribution in [0.1, 0.15) is 36.5 Å². The molecule has 2 N–H and O–H groups in total. The van der Waals surface area contributed by atoms with Gasteiger partial charge in [-0.05, 0) is 40.8 Å². The number of rotatable bonds is 3. The minimum atomic E-state index is 0.605. The van der Waals surface area contributed by atoms with Crippen molar-refractivity contribution < 1.29 is 0 Å². The molecule has 1 aliphatic rings. The highest BCUT2D eigenvalue weighted by molar-refractivity contribution is 9.10. The number of hydrogen-bond donors (Lipinski definition) is 1. The topological polar surface area (TPSA) is 26.0 Å². The molecule has 1 fully saturated rings. The summed E-state index contributed by atoms with van der Waals surface area (Å²) in [7, 11) is 0. The van der Waals surface area contributed by atoms with Gasteiger partial charge in [-0.15, -0.1) is 11.3 Å². The summed E-state index contributed by atoms with van der Waals surface area (Å²) in [5.41, 5.74) is 5.89. The standard InChI is InChI=1S/C11H16BrNS/c12-9-5-11(14-7-9)10(6-13)8-3-1-2-4-8/h5,7-8,10H,1-4,6,13H2. The van der Waals surface area contributed by atoms with E-state index in [2.05, 4.69) is 27.4 Å². The fourth-order valence-electron chi connectivity index (χ4n) is 2.42. The Hall–Kier alpha value is 0.140. The summed E-state index contributed by atoms with van der Waals surface area (Å²) in [5.74, 6) is 1.44. The smallest absolute Gasteiger partial charge is 0.0285 e. The molecular weight excluding hydrogens is 258 g/mol. The van der Waals surface area contributed by atoms with Gasteiger partial charge in [0, 0.05) is 27.2 Å². The van der Waals surface area contributed by atoms with E-state index in [1.807, 2.05) is 11.3 Å². The van der Waals surface area contributed by atoms with Crippen LogP contribution in [0.25, 0.3) is 0 Å². The van der Waals surface area contributed by atoms with Gasteiger partial charge in [-0.3, -0.25) is 0 Å². The molecule has 1 aromatic heterocycles. The Morgan fingerprint density at radius 3 is 2.71 bits per heavy atom. The lowest BCUT2D eigenvalue weighted by molar-refractivity contribution is 0.445. The molecule has 1 aliphatic carbocycles. The second kappa shape index (κ2) is 4.77. The molecule has 0 radical (unpaired) electrons. The normalized spacial score (nSPS) is 20.1. The van der Waals surface area contributed by atoms with Crippen molar-refractivity contribution >= 4 is 27.3 Å². The molecule has 0 aliphatic heterocycles. The molecule has 0 saturated heterocycles. The van der Waals surface area contributed by atoms with Crippen LogP contribution >= 0.6 is 27.3 Å². The third-order valence-electron chi connectivity index (χ3n) is 3.18. The van der Waals surface area contributed by atoms with Gasteiger partial charge in [-0.25, -0.2) is 0 Å². The van der Waals surface area contributed by atoms with E-state index in [4.69, 9.17) is 5.73 Å². The largest absolute Gasteiger partial charge is 0.330 e. The first kappa shape index (κ1) is 10.7. The van der Waals surface area contributed by atoms with Gasteiger partial charge in [0.25, 0.3) is 0 Å². The molecule has 1 atom stereocenters. The molecule has 2 rings (SSSR count). The average molecular weight is 274 g/mol. The van der Waals surface area contributed by atoms with Crippen molar-refractivity contribution in [3.05, 3.63) is 20.8 Å². The third-order valence-corrected chi connectivity index (χ3v) is 5.00. The fraction of sp³-hybridized carbons (Fsp3) is 0.636. The Labute approximate surface area is 97.8 Å². The molecule has 3 heteroatoms. The van der Waals surface area contributed by atoms with E-state index in [1.54, 1.807) is 0 Å². The summed E-state index contributed by atoms with van der Waals surface area (Å²) >= 11 is 5.35. The SMILES string of the molecule is NCC(c1cc(Br)cs1)C1CCCC1. The van der Waals surface area contributed by atoms with E-state index < -0.39 is 0 Å². The maximum absolute atomic E-state index is 5.89. The highest BCUT2D eigenvalue weighted by Crippen LogP contribution is 2.39. The van der Waals surface area contributed by atoms with Crippen LogP contribution in [-0.4, -0.2) is 6.54 Å². The quantitative estimate of drug-likeness (QED) is 0.892.